The zero-order valence-corrected chi connectivity index (χ0v) is 15.0. The van der Waals surface area contributed by atoms with E-state index in [1.807, 2.05) is 23.1 Å². The Kier molecular flexibility index (Phi) is 8.29. The third-order valence-electron chi connectivity index (χ3n) is 4.01. The van der Waals surface area contributed by atoms with Crippen LogP contribution >= 0.6 is 24.2 Å². The van der Waals surface area contributed by atoms with E-state index in [4.69, 9.17) is 5.73 Å². The van der Waals surface area contributed by atoms with Gasteiger partial charge in [0.15, 0.2) is 0 Å². The van der Waals surface area contributed by atoms with E-state index < -0.39 is 0 Å². The van der Waals surface area contributed by atoms with Crippen LogP contribution < -0.4 is 5.73 Å². The molecule has 1 aliphatic heterocycles. The van der Waals surface area contributed by atoms with Crippen molar-refractivity contribution in [3.8, 4) is 0 Å². The Hall–Kier alpha value is -0.710. The molecule has 1 aliphatic rings. The molecular weight excluding hydrogens is 316 g/mol. The third-order valence-corrected chi connectivity index (χ3v) is 4.99. The summed E-state index contributed by atoms with van der Waals surface area (Å²) in [6.07, 6.45) is 1.17. The number of benzene rings is 1. The molecule has 1 amide bonds. The van der Waals surface area contributed by atoms with Gasteiger partial charge in [0.25, 0.3) is 0 Å². The number of carbonyl (C=O) groups is 1. The number of nitrogens with zero attached hydrogens (tertiary/aromatic N) is 1. The maximum atomic E-state index is 12.3. The van der Waals surface area contributed by atoms with E-state index >= 15 is 0 Å². The Labute approximate surface area is 144 Å². The molecule has 0 saturated carbocycles. The largest absolute Gasteiger partial charge is 0.340 e. The van der Waals surface area contributed by atoms with Gasteiger partial charge in [0.05, 0.1) is 5.75 Å². The number of amides is 1. The molecule has 1 aromatic rings. The standard InChI is InChI=1S/C17H26N2OS.ClH/c1-13(2)8-9-21-12-17(20)19-10-15(16(18)11-19)14-6-4-3-5-7-14;/h3-7,13,15-16H,8-12,18H2,1-2H3;1H/t15-,16+;/m0./s1. The van der Waals surface area contributed by atoms with E-state index in [1.165, 1.54) is 12.0 Å². The zero-order valence-electron chi connectivity index (χ0n) is 13.4. The third kappa shape index (κ3) is 5.49. The highest BCUT2D eigenvalue weighted by molar-refractivity contribution is 7.99. The van der Waals surface area contributed by atoms with Crippen LogP contribution in [0.2, 0.25) is 0 Å². The highest BCUT2D eigenvalue weighted by Gasteiger charge is 2.33. The molecule has 0 spiro atoms. The van der Waals surface area contributed by atoms with Crippen molar-refractivity contribution in [2.75, 3.05) is 24.6 Å². The lowest BCUT2D eigenvalue weighted by molar-refractivity contribution is -0.127. The van der Waals surface area contributed by atoms with Crippen molar-refractivity contribution in [3.05, 3.63) is 35.9 Å². The molecule has 0 unspecified atom stereocenters. The van der Waals surface area contributed by atoms with Crippen molar-refractivity contribution >= 4 is 30.1 Å². The average Bonchev–Trinajstić information content (AvgIpc) is 2.86. The second-order valence-electron chi connectivity index (χ2n) is 6.21. The summed E-state index contributed by atoms with van der Waals surface area (Å²) in [5.74, 6) is 2.86. The van der Waals surface area contributed by atoms with Crippen molar-refractivity contribution in [1.82, 2.24) is 4.90 Å². The van der Waals surface area contributed by atoms with Crippen LogP contribution in [0.15, 0.2) is 30.3 Å². The van der Waals surface area contributed by atoms with Crippen molar-refractivity contribution in [2.45, 2.75) is 32.2 Å². The van der Waals surface area contributed by atoms with Crippen LogP contribution in [-0.2, 0) is 4.79 Å². The van der Waals surface area contributed by atoms with Crippen molar-refractivity contribution in [2.24, 2.45) is 11.7 Å². The van der Waals surface area contributed by atoms with Crippen LogP contribution in [0.5, 0.6) is 0 Å². The summed E-state index contributed by atoms with van der Waals surface area (Å²) < 4.78 is 0. The summed E-state index contributed by atoms with van der Waals surface area (Å²) in [7, 11) is 0. The molecule has 5 heteroatoms. The fourth-order valence-corrected chi connectivity index (χ4v) is 3.79. The molecule has 1 aromatic carbocycles. The van der Waals surface area contributed by atoms with Crippen LogP contribution in [0.1, 0.15) is 31.7 Å². The number of likely N-dealkylation sites (tertiary alicyclic amines) is 1. The molecule has 2 N–H and O–H groups in total. The minimum Gasteiger partial charge on any atom is -0.340 e. The first kappa shape index (κ1) is 19.3. The average molecular weight is 343 g/mol. The molecule has 0 aromatic heterocycles. The molecule has 0 radical (unpaired) electrons. The number of halogens is 1. The van der Waals surface area contributed by atoms with Gasteiger partial charge in [-0.15, -0.1) is 12.4 Å². The normalized spacial score (nSPS) is 21.0. The van der Waals surface area contributed by atoms with E-state index in [9.17, 15) is 4.79 Å². The van der Waals surface area contributed by atoms with E-state index in [2.05, 4.69) is 26.0 Å². The molecule has 124 valence electrons. The van der Waals surface area contributed by atoms with E-state index in [-0.39, 0.29) is 30.3 Å². The lowest BCUT2D eigenvalue weighted by Crippen LogP contribution is -2.33. The summed E-state index contributed by atoms with van der Waals surface area (Å²) in [5.41, 5.74) is 7.48. The summed E-state index contributed by atoms with van der Waals surface area (Å²) in [5, 5.41) is 0. The summed E-state index contributed by atoms with van der Waals surface area (Å²) in [6.45, 7) is 5.87. The molecule has 3 nitrogen and oxygen atoms in total. The van der Waals surface area contributed by atoms with E-state index in [1.54, 1.807) is 11.8 Å². The minimum absolute atomic E-state index is 0. The number of hydrogen-bond acceptors (Lipinski definition) is 3. The van der Waals surface area contributed by atoms with Gasteiger partial charge in [-0.25, -0.2) is 0 Å². The van der Waals surface area contributed by atoms with Crippen LogP contribution in [0.3, 0.4) is 0 Å². The number of thioether (sulfide) groups is 1. The number of carbonyl (C=O) groups excluding carboxylic acids is 1. The minimum atomic E-state index is 0. The van der Waals surface area contributed by atoms with Gasteiger partial charge < -0.3 is 10.6 Å². The van der Waals surface area contributed by atoms with Crippen LogP contribution in [-0.4, -0.2) is 41.4 Å². The Morgan fingerprint density at radius 2 is 2.00 bits per heavy atom. The van der Waals surface area contributed by atoms with Gasteiger partial charge >= 0.3 is 0 Å². The molecular formula is C17H27ClN2OS. The van der Waals surface area contributed by atoms with Crippen LogP contribution in [0, 0.1) is 5.92 Å². The summed E-state index contributed by atoms with van der Waals surface area (Å²) in [4.78, 5) is 14.2. The summed E-state index contributed by atoms with van der Waals surface area (Å²) in [6, 6.07) is 10.4. The van der Waals surface area contributed by atoms with Gasteiger partial charge in [-0.1, -0.05) is 44.2 Å². The second kappa shape index (κ2) is 9.43. The predicted octanol–water partition coefficient (Wildman–Crippen LogP) is 3.14. The van der Waals surface area contributed by atoms with Crippen molar-refractivity contribution in [1.29, 1.82) is 0 Å². The topological polar surface area (TPSA) is 46.3 Å². The highest BCUT2D eigenvalue weighted by atomic mass is 35.5. The van der Waals surface area contributed by atoms with Crippen LogP contribution in [0.25, 0.3) is 0 Å². The Bertz CT molecular complexity index is 455. The molecule has 0 bridgehead atoms. The van der Waals surface area contributed by atoms with Gasteiger partial charge in [-0.05, 0) is 23.7 Å². The Balaban J connectivity index is 0.00000242. The van der Waals surface area contributed by atoms with E-state index in [0.717, 1.165) is 12.3 Å². The fraction of sp³-hybridized carbons (Fsp3) is 0.588. The molecule has 1 saturated heterocycles. The molecule has 1 heterocycles. The second-order valence-corrected chi connectivity index (χ2v) is 7.32. The van der Waals surface area contributed by atoms with Gasteiger partial charge in [0.1, 0.15) is 0 Å². The number of rotatable bonds is 6. The monoisotopic (exact) mass is 342 g/mol. The van der Waals surface area contributed by atoms with Gasteiger partial charge in [0.2, 0.25) is 5.91 Å². The maximum Gasteiger partial charge on any atom is 0.232 e. The lowest BCUT2D eigenvalue weighted by Gasteiger charge is -2.16. The number of hydrogen-bond donors (Lipinski definition) is 1. The van der Waals surface area contributed by atoms with Gasteiger partial charge in [-0.3, -0.25) is 4.79 Å². The van der Waals surface area contributed by atoms with Crippen LogP contribution in [0.4, 0.5) is 0 Å². The number of nitrogens with two attached hydrogens (primary N) is 1. The molecule has 2 atom stereocenters. The Morgan fingerprint density at radius 1 is 1.32 bits per heavy atom. The quantitative estimate of drug-likeness (QED) is 0.808. The Morgan fingerprint density at radius 3 is 2.64 bits per heavy atom. The predicted molar refractivity (Wildman–Crippen MR) is 97.8 cm³/mol. The highest BCUT2D eigenvalue weighted by Crippen LogP contribution is 2.26. The first-order valence-electron chi connectivity index (χ1n) is 7.74. The molecule has 2 rings (SSSR count). The molecule has 22 heavy (non-hydrogen) atoms. The van der Waals surface area contributed by atoms with Crippen molar-refractivity contribution < 1.29 is 4.79 Å². The maximum absolute atomic E-state index is 12.3. The van der Waals surface area contributed by atoms with Gasteiger partial charge in [-0.2, -0.15) is 11.8 Å². The van der Waals surface area contributed by atoms with Crippen molar-refractivity contribution in [3.63, 3.8) is 0 Å². The van der Waals surface area contributed by atoms with Gasteiger partial charge in [0, 0.05) is 25.0 Å². The molecule has 0 aliphatic carbocycles. The first-order valence-corrected chi connectivity index (χ1v) is 8.89. The zero-order chi connectivity index (χ0) is 15.2. The SMILES string of the molecule is CC(C)CCSCC(=O)N1C[C@@H](N)[C@H](c2ccccc2)C1.Cl. The van der Waals surface area contributed by atoms with E-state index in [0.29, 0.717) is 18.2 Å². The lowest BCUT2D eigenvalue weighted by atomic mass is 9.95. The summed E-state index contributed by atoms with van der Waals surface area (Å²) >= 11 is 1.74. The smallest absolute Gasteiger partial charge is 0.232 e. The fourth-order valence-electron chi connectivity index (χ4n) is 2.66. The molecule has 1 fully saturated rings. The first-order chi connectivity index (χ1) is 10.1.